The molecular formula is C21H27N3O3. The highest BCUT2D eigenvalue weighted by Gasteiger charge is 2.38. The Balaban J connectivity index is 1.54. The van der Waals surface area contributed by atoms with Gasteiger partial charge in [0, 0.05) is 45.2 Å². The largest absolute Gasteiger partial charge is 0.451 e. The van der Waals surface area contributed by atoms with Gasteiger partial charge in [-0.3, -0.25) is 14.5 Å². The summed E-state index contributed by atoms with van der Waals surface area (Å²) in [4.78, 5) is 31.1. The van der Waals surface area contributed by atoms with Crippen molar-refractivity contribution in [1.82, 2.24) is 14.7 Å². The minimum atomic E-state index is -0.0268. The van der Waals surface area contributed by atoms with Gasteiger partial charge in [0.15, 0.2) is 5.76 Å². The van der Waals surface area contributed by atoms with E-state index >= 15 is 0 Å². The molecule has 0 unspecified atom stereocenters. The zero-order valence-corrected chi connectivity index (χ0v) is 16.3. The van der Waals surface area contributed by atoms with Crippen LogP contribution in [-0.4, -0.2) is 72.8 Å². The highest BCUT2D eigenvalue weighted by atomic mass is 16.3. The summed E-state index contributed by atoms with van der Waals surface area (Å²) in [5, 5.41) is 0.969. The number of rotatable bonds is 3. The fourth-order valence-electron chi connectivity index (χ4n) is 4.35. The minimum Gasteiger partial charge on any atom is -0.451 e. The molecule has 1 aromatic carbocycles. The van der Waals surface area contributed by atoms with Crippen molar-refractivity contribution >= 4 is 22.8 Å². The first-order chi connectivity index (χ1) is 12.9. The van der Waals surface area contributed by atoms with Crippen LogP contribution in [-0.2, 0) is 4.79 Å². The van der Waals surface area contributed by atoms with Gasteiger partial charge < -0.3 is 14.2 Å². The topological polar surface area (TPSA) is 57.0 Å². The third kappa shape index (κ3) is 3.46. The van der Waals surface area contributed by atoms with Crippen LogP contribution in [0.15, 0.2) is 28.7 Å². The van der Waals surface area contributed by atoms with Crippen molar-refractivity contribution in [3.8, 4) is 0 Å². The molecule has 0 aliphatic carbocycles. The molecule has 2 bridgehead atoms. The summed E-state index contributed by atoms with van der Waals surface area (Å²) in [6, 6.07) is 7.95. The number of fused-ring (bicyclic) bond motifs is 5. The van der Waals surface area contributed by atoms with Crippen LogP contribution in [0.3, 0.4) is 0 Å². The van der Waals surface area contributed by atoms with E-state index in [0.717, 1.165) is 49.0 Å². The minimum absolute atomic E-state index is 0.0268. The van der Waals surface area contributed by atoms with Gasteiger partial charge in [0.05, 0.1) is 6.54 Å². The molecule has 5 rings (SSSR count). The molecule has 2 aromatic rings. The second kappa shape index (κ2) is 7.00. The van der Waals surface area contributed by atoms with Crippen LogP contribution >= 0.6 is 0 Å². The Morgan fingerprint density at radius 1 is 1.19 bits per heavy atom. The maximum Gasteiger partial charge on any atom is 0.289 e. The molecule has 3 fully saturated rings. The van der Waals surface area contributed by atoms with Crippen LogP contribution < -0.4 is 0 Å². The molecule has 2 amide bonds. The zero-order valence-electron chi connectivity index (χ0n) is 16.3. The van der Waals surface area contributed by atoms with Crippen molar-refractivity contribution in [2.75, 3.05) is 40.3 Å². The number of furan rings is 1. The van der Waals surface area contributed by atoms with Crippen molar-refractivity contribution in [1.29, 1.82) is 0 Å². The quantitative estimate of drug-likeness (QED) is 0.833. The Hall–Kier alpha value is -2.34. The first-order valence-electron chi connectivity index (χ1n) is 9.65. The van der Waals surface area contributed by atoms with Gasteiger partial charge in [0.25, 0.3) is 5.91 Å². The molecule has 2 atom stereocenters. The molecule has 0 saturated carbocycles. The second-order valence-electron chi connectivity index (χ2n) is 8.14. The number of carbonyl (C=O) groups excluding carboxylic acids is 2. The molecule has 144 valence electrons. The predicted octanol–water partition coefficient (Wildman–Crippen LogP) is 2.37. The average molecular weight is 369 g/mol. The number of nitrogens with zero attached hydrogens (tertiary/aromatic N) is 3. The van der Waals surface area contributed by atoms with Crippen molar-refractivity contribution in [2.24, 2.45) is 5.92 Å². The molecule has 0 radical (unpaired) electrons. The fourth-order valence-corrected chi connectivity index (χ4v) is 4.35. The lowest BCUT2D eigenvalue weighted by atomic mass is 9.95. The summed E-state index contributed by atoms with van der Waals surface area (Å²) in [5.41, 5.74) is 1.83. The summed E-state index contributed by atoms with van der Waals surface area (Å²) >= 11 is 0. The first-order valence-corrected chi connectivity index (χ1v) is 9.65. The number of piperidine rings is 1. The molecule has 0 N–H and O–H groups in total. The number of hydrogen-bond acceptors (Lipinski definition) is 4. The van der Waals surface area contributed by atoms with E-state index in [1.165, 1.54) is 0 Å². The smallest absolute Gasteiger partial charge is 0.289 e. The SMILES string of the molecule is Cc1cccc2cc(C(=O)N3C[C@@H]4CC[C@H]3CN(CC(=O)N(C)C)C4)oc12. The van der Waals surface area contributed by atoms with E-state index in [1.54, 1.807) is 19.0 Å². The molecule has 3 aliphatic rings. The number of carbonyl (C=O) groups is 2. The molecule has 6 heteroatoms. The van der Waals surface area contributed by atoms with E-state index in [2.05, 4.69) is 4.90 Å². The molecule has 3 saturated heterocycles. The Kier molecular flexibility index (Phi) is 4.68. The number of benzene rings is 1. The van der Waals surface area contributed by atoms with Gasteiger partial charge in [-0.25, -0.2) is 0 Å². The van der Waals surface area contributed by atoms with E-state index in [-0.39, 0.29) is 17.9 Å². The third-order valence-electron chi connectivity index (χ3n) is 5.86. The van der Waals surface area contributed by atoms with Gasteiger partial charge in [0.1, 0.15) is 5.58 Å². The lowest BCUT2D eigenvalue weighted by Gasteiger charge is -2.35. The lowest BCUT2D eigenvalue weighted by molar-refractivity contribution is -0.129. The molecule has 0 spiro atoms. The van der Waals surface area contributed by atoms with Crippen LogP contribution in [0.2, 0.25) is 0 Å². The summed E-state index contributed by atoms with van der Waals surface area (Å²) < 4.78 is 5.92. The van der Waals surface area contributed by atoms with Crippen LogP contribution in [0, 0.1) is 12.8 Å². The molecular weight excluding hydrogens is 342 g/mol. The van der Waals surface area contributed by atoms with Crippen molar-refractivity contribution < 1.29 is 14.0 Å². The monoisotopic (exact) mass is 369 g/mol. The number of amides is 2. The van der Waals surface area contributed by atoms with Gasteiger partial charge in [-0.05, 0) is 37.3 Å². The fraction of sp³-hybridized carbons (Fsp3) is 0.524. The van der Waals surface area contributed by atoms with Gasteiger partial charge in [0.2, 0.25) is 5.91 Å². The average Bonchev–Trinajstić information content (AvgIpc) is 2.89. The summed E-state index contributed by atoms with van der Waals surface area (Å²) in [7, 11) is 3.57. The van der Waals surface area contributed by atoms with Gasteiger partial charge in [-0.1, -0.05) is 18.2 Å². The number of aryl methyl sites for hydroxylation is 1. The zero-order chi connectivity index (χ0) is 19.1. The Labute approximate surface area is 159 Å². The Bertz CT molecular complexity index is 873. The molecule has 27 heavy (non-hydrogen) atoms. The molecule has 6 nitrogen and oxygen atoms in total. The highest BCUT2D eigenvalue weighted by molar-refractivity contribution is 5.97. The number of para-hydroxylation sites is 1. The summed E-state index contributed by atoms with van der Waals surface area (Å²) in [6.07, 6.45) is 2.10. The second-order valence-corrected chi connectivity index (χ2v) is 8.14. The third-order valence-corrected chi connectivity index (χ3v) is 5.86. The van der Waals surface area contributed by atoms with Gasteiger partial charge >= 0.3 is 0 Å². The highest BCUT2D eigenvalue weighted by Crippen LogP contribution is 2.31. The van der Waals surface area contributed by atoms with Crippen LogP contribution in [0.25, 0.3) is 11.0 Å². The van der Waals surface area contributed by atoms with Crippen molar-refractivity contribution in [3.63, 3.8) is 0 Å². The van der Waals surface area contributed by atoms with E-state index in [0.29, 0.717) is 18.2 Å². The summed E-state index contributed by atoms with van der Waals surface area (Å²) in [5.74, 6) is 0.916. The van der Waals surface area contributed by atoms with Gasteiger partial charge in [-0.2, -0.15) is 0 Å². The maximum atomic E-state index is 13.2. The molecule has 3 aliphatic heterocycles. The van der Waals surface area contributed by atoms with E-state index in [9.17, 15) is 9.59 Å². The summed E-state index contributed by atoms with van der Waals surface area (Å²) in [6.45, 7) is 4.78. The standard InChI is InChI=1S/C21H27N3O3/c1-14-5-4-6-16-9-18(27-20(14)16)21(26)24-11-15-7-8-17(24)12-23(10-15)13-19(25)22(2)3/h4-6,9,15,17H,7-8,10-13H2,1-3H3/t15-,17+/m1/s1. The molecule has 1 aromatic heterocycles. The lowest BCUT2D eigenvalue weighted by Crippen LogP contribution is -2.47. The van der Waals surface area contributed by atoms with Crippen molar-refractivity contribution in [3.05, 3.63) is 35.6 Å². The Morgan fingerprint density at radius 2 is 2.00 bits per heavy atom. The Morgan fingerprint density at radius 3 is 2.74 bits per heavy atom. The molecule has 4 heterocycles. The number of likely N-dealkylation sites (N-methyl/N-ethyl adjacent to an activating group) is 1. The normalized spacial score (nSPS) is 22.9. The van der Waals surface area contributed by atoms with Crippen LogP contribution in [0.1, 0.15) is 29.0 Å². The predicted molar refractivity (Wildman–Crippen MR) is 104 cm³/mol. The van der Waals surface area contributed by atoms with E-state index in [1.807, 2.05) is 36.1 Å². The van der Waals surface area contributed by atoms with Crippen LogP contribution in [0.4, 0.5) is 0 Å². The first kappa shape index (κ1) is 18.0. The number of hydrogen-bond donors (Lipinski definition) is 0. The van der Waals surface area contributed by atoms with Gasteiger partial charge in [-0.15, -0.1) is 0 Å². The maximum absolute atomic E-state index is 13.2. The van der Waals surface area contributed by atoms with E-state index < -0.39 is 0 Å². The van der Waals surface area contributed by atoms with Crippen molar-refractivity contribution in [2.45, 2.75) is 25.8 Å². The van der Waals surface area contributed by atoms with Crippen LogP contribution in [0.5, 0.6) is 0 Å². The van der Waals surface area contributed by atoms with E-state index in [4.69, 9.17) is 4.42 Å².